The normalized spacial score (nSPS) is 16.1. The Labute approximate surface area is 220 Å². The number of hydrogen-bond donors (Lipinski definition) is 1. The van der Waals surface area contributed by atoms with Crippen LogP contribution in [0.1, 0.15) is 29.2 Å². The van der Waals surface area contributed by atoms with Crippen molar-refractivity contribution in [3.8, 4) is 11.5 Å². The smallest absolute Gasteiger partial charge is 0.323 e. The van der Waals surface area contributed by atoms with E-state index >= 15 is 0 Å². The van der Waals surface area contributed by atoms with E-state index in [1.165, 1.54) is 11.0 Å². The Kier molecular flexibility index (Phi) is 8.03. The molecule has 37 heavy (non-hydrogen) atoms. The summed E-state index contributed by atoms with van der Waals surface area (Å²) in [5, 5.41) is 9.44. The summed E-state index contributed by atoms with van der Waals surface area (Å²) < 4.78 is 25.3. The number of fused-ring (bicyclic) bond motifs is 1. The van der Waals surface area contributed by atoms with E-state index in [0.29, 0.717) is 25.0 Å². The predicted octanol–water partition coefficient (Wildman–Crippen LogP) is 5.12. The molecular formula is C29H29ClFNO5. The molecule has 194 valence electrons. The highest BCUT2D eigenvalue weighted by molar-refractivity contribution is 6.30. The van der Waals surface area contributed by atoms with Gasteiger partial charge < -0.3 is 19.5 Å². The monoisotopic (exact) mass is 525 g/mol. The molecule has 1 aliphatic rings. The third-order valence-electron chi connectivity index (χ3n) is 6.45. The molecule has 0 aliphatic carbocycles. The lowest BCUT2D eigenvalue weighted by molar-refractivity contribution is -0.144. The highest BCUT2D eigenvalue weighted by atomic mass is 35.5. The number of ether oxygens (including phenoxy) is 2. The summed E-state index contributed by atoms with van der Waals surface area (Å²) in [4.78, 5) is 25.9. The second-order valence-corrected chi connectivity index (χ2v) is 9.99. The molecule has 0 bridgehead atoms. The molecule has 4 rings (SSSR count). The number of benzene rings is 3. The third kappa shape index (κ3) is 6.80. The number of nitrogens with zero attached hydrogens (tertiary/aromatic N) is 1. The van der Waals surface area contributed by atoms with Crippen molar-refractivity contribution in [3.63, 3.8) is 0 Å². The van der Waals surface area contributed by atoms with Crippen LogP contribution in [-0.4, -0.2) is 47.7 Å². The van der Waals surface area contributed by atoms with Crippen LogP contribution >= 0.6 is 11.6 Å². The molecule has 0 aromatic heterocycles. The van der Waals surface area contributed by atoms with Gasteiger partial charge in [0.25, 0.3) is 0 Å². The molecule has 3 aromatic carbocycles. The maximum atomic E-state index is 13.9. The van der Waals surface area contributed by atoms with Gasteiger partial charge in [0.2, 0.25) is 5.91 Å². The van der Waals surface area contributed by atoms with Crippen molar-refractivity contribution in [2.45, 2.75) is 38.2 Å². The van der Waals surface area contributed by atoms with E-state index in [9.17, 15) is 19.1 Å². The lowest BCUT2D eigenvalue weighted by atomic mass is 9.91. The van der Waals surface area contributed by atoms with Crippen LogP contribution in [0.3, 0.4) is 0 Å². The van der Waals surface area contributed by atoms with Gasteiger partial charge in [0.15, 0.2) is 0 Å². The molecule has 0 unspecified atom stereocenters. The van der Waals surface area contributed by atoms with E-state index in [2.05, 4.69) is 0 Å². The van der Waals surface area contributed by atoms with Crippen molar-refractivity contribution in [3.05, 3.63) is 93.8 Å². The second-order valence-electron chi connectivity index (χ2n) is 9.58. The predicted molar refractivity (Wildman–Crippen MR) is 139 cm³/mol. The summed E-state index contributed by atoms with van der Waals surface area (Å²) in [6, 6.07) is 17.8. The van der Waals surface area contributed by atoms with E-state index in [-0.39, 0.29) is 30.4 Å². The van der Waals surface area contributed by atoms with E-state index in [4.69, 9.17) is 21.1 Å². The number of halogens is 2. The Morgan fingerprint density at radius 2 is 1.89 bits per heavy atom. The Morgan fingerprint density at radius 3 is 2.62 bits per heavy atom. The number of carbonyl (C=O) groups is 2. The Bertz CT molecular complexity index is 1310. The summed E-state index contributed by atoms with van der Waals surface area (Å²) in [5.41, 5.74) is 2.93. The minimum atomic E-state index is -1.06. The molecule has 0 fully saturated rings. The van der Waals surface area contributed by atoms with Crippen molar-refractivity contribution in [2.75, 3.05) is 20.2 Å². The Morgan fingerprint density at radius 1 is 1.11 bits per heavy atom. The summed E-state index contributed by atoms with van der Waals surface area (Å²) in [6.45, 7) is 1.88. The molecular weight excluding hydrogens is 497 g/mol. The summed E-state index contributed by atoms with van der Waals surface area (Å²) >= 11 is 5.80. The second kappa shape index (κ2) is 11.2. The first-order valence-electron chi connectivity index (χ1n) is 12.0. The molecule has 3 aromatic rings. The van der Waals surface area contributed by atoms with Crippen LogP contribution in [0.4, 0.5) is 4.39 Å². The van der Waals surface area contributed by atoms with Crippen molar-refractivity contribution >= 4 is 23.5 Å². The molecule has 6 nitrogen and oxygen atoms in total. The van der Waals surface area contributed by atoms with Crippen LogP contribution in [0, 0.1) is 5.82 Å². The molecule has 1 aliphatic heterocycles. The zero-order valence-corrected chi connectivity index (χ0v) is 21.6. The highest BCUT2D eigenvalue weighted by Gasteiger charge is 2.35. The van der Waals surface area contributed by atoms with E-state index in [1.54, 1.807) is 19.2 Å². The van der Waals surface area contributed by atoms with Crippen LogP contribution in [0.15, 0.2) is 60.7 Å². The van der Waals surface area contributed by atoms with Crippen LogP contribution in [0.25, 0.3) is 0 Å². The number of carboxylic acids is 1. The fourth-order valence-corrected chi connectivity index (χ4v) is 4.82. The van der Waals surface area contributed by atoms with Crippen LogP contribution < -0.4 is 9.47 Å². The molecule has 0 radical (unpaired) electrons. The number of aliphatic carboxylic acids is 1. The number of methoxy groups -OCH3 is 1. The Hall–Kier alpha value is -3.58. The first-order valence-corrected chi connectivity index (χ1v) is 12.4. The topological polar surface area (TPSA) is 76.1 Å². The number of rotatable bonds is 10. The zero-order chi connectivity index (χ0) is 26.6. The van der Waals surface area contributed by atoms with Crippen molar-refractivity contribution in [1.29, 1.82) is 0 Å². The third-order valence-corrected chi connectivity index (χ3v) is 6.75. The zero-order valence-electron chi connectivity index (χ0n) is 20.8. The van der Waals surface area contributed by atoms with Gasteiger partial charge in [0.05, 0.1) is 18.6 Å². The van der Waals surface area contributed by atoms with Gasteiger partial charge in [-0.05, 0) is 65.9 Å². The van der Waals surface area contributed by atoms with E-state index < -0.39 is 17.4 Å². The number of hydrogen-bond acceptors (Lipinski definition) is 4. The molecule has 0 saturated heterocycles. The van der Waals surface area contributed by atoms with E-state index in [0.717, 1.165) is 28.0 Å². The van der Waals surface area contributed by atoms with Gasteiger partial charge in [-0.2, -0.15) is 0 Å². The van der Waals surface area contributed by atoms with Gasteiger partial charge in [-0.25, -0.2) is 4.39 Å². The van der Waals surface area contributed by atoms with Crippen LogP contribution in [0.5, 0.6) is 11.5 Å². The number of carboxylic acid groups (broad SMARTS) is 1. The lowest BCUT2D eigenvalue weighted by Gasteiger charge is -2.24. The van der Waals surface area contributed by atoms with Gasteiger partial charge in [-0.3, -0.25) is 9.59 Å². The summed E-state index contributed by atoms with van der Waals surface area (Å²) in [7, 11) is 1.58. The van der Waals surface area contributed by atoms with Gasteiger partial charge in [-0.15, -0.1) is 0 Å². The largest absolute Gasteiger partial charge is 0.497 e. The molecule has 0 saturated carbocycles. The minimum absolute atomic E-state index is 0.0811. The van der Waals surface area contributed by atoms with Crippen molar-refractivity contribution in [2.24, 2.45) is 0 Å². The number of carbonyl (C=O) groups excluding carboxylic acids is 1. The maximum Gasteiger partial charge on any atom is 0.323 e. The SMILES string of the molecule is COc1cccc(CCN(CC(=O)O)C(=O)Cc2ccc3c(c2)C[C@](C)(Cc2ccc(Cl)c(F)c2)O3)c1. The van der Waals surface area contributed by atoms with E-state index in [1.807, 2.05) is 49.4 Å². The Balaban J connectivity index is 1.41. The minimum Gasteiger partial charge on any atom is -0.497 e. The van der Waals surface area contributed by atoms with Gasteiger partial charge >= 0.3 is 5.97 Å². The molecule has 1 heterocycles. The lowest BCUT2D eigenvalue weighted by Crippen LogP contribution is -2.38. The quantitative estimate of drug-likeness (QED) is 0.397. The maximum absolute atomic E-state index is 13.9. The number of amides is 1. The standard InChI is InChI=1S/C29H29ClFNO5/c1-29(16-21-6-8-24(30)25(31)14-21)17-22-12-20(7-9-26(22)37-29)15-27(33)32(18-28(34)35)11-10-19-4-3-5-23(13-19)36-2/h3-9,12-14H,10-11,15-18H2,1-2H3,(H,34,35)/t29-/m0/s1. The molecule has 1 amide bonds. The van der Waals surface area contributed by atoms with Gasteiger partial charge in [-0.1, -0.05) is 41.9 Å². The summed E-state index contributed by atoms with van der Waals surface area (Å²) in [5.74, 6) is -0.341. The van der Waals surface area contributed by atoms with Crippen molar-refractivity contribution in [1.82, 2.24) is 4.90 Å². The summed E-state index contributed by atoms with van der Waals surface area (Å²) in [6.07, 6.45) is 1.69. The van der Waals surface area contributed by atoms with Crippen LogP contribution in [0.2, 0.25) is 5.02 Å². The fourth-order valence-electron chi connectivity index (χ4n) is 4.70. The average molecular weight is 526 g/mol. The first kappa shape index (κ1) is 26.5. The molecule has 1 atom stereocenters. The molecule has 0 spiro atoms. The van der Waals surface area contributed by atoms with Crippen LogP contribution in [-0.2, 0) is 35.3 Å². The average Bonchev–Trinajstić information content (AvgIpc) is 3.18. The van der Waals surface area contributed by atoms with Gasteiger partial charge in [0.1, 0.15) is 29.5 Å². The first-order chi connectivity index (χ1) is 17.6. The molecule has 1 N–H and O–H groups in total. The van der Waals surface area contributed by atoms with Crippen molar-refractivity contribution < 1.29 is 28.6 Å². The molecule has 8 heteroatoms. The fraction of sp³-hybridized carbons (Fsp3) is 0.310. The van der Waals surface area contributed by atoms with Gasteiger partial charge in [0, 0.05) is 19.4 Å². The highest BCUT2D eigenvalue weighted by Crippen LogP contribution is 2.38.